The van der Waals surface area contributed by atoms with Crippen molar-refractivity contribution in [2.75, 3.05) is 19.0 Å². The maximum absolute atomic E-state index is 13.1. The number of methoxy groups -OCH3 is 1. The number of carboxylic acids is 1. The summed E-state index contributed by atoms with van der Waals surface area (Å²) in [4.78, 5) is 34.3. The molecule has 0 unspecified atom stereocenters. The number of amides is 1. The molecule has 0 fully saturated rings. The number of rotatable bonds is 8. The predicted molar refractivity (Wildman–Crippen MR) is 117 cm³/mol. The lowest BCUT2D eigenvalue weighted by molar-refractivity contribution is -0.137. The molecule has 3 aromatic rings. The van der Waals surface area contributed by atoms with E-state index in [0.29, 0.717) is 17.4 Å². The van der Waals surface area contributed by atoms with Crippen molar-refractivity contribution in [3.05, 3.63) is 77.1 Å². The number of ether oxygens (including phenoxy) is 1. The van der Waals surface area contributed by atoms with E-state index in [4.69, 9.17) is 4.74 Å². The number of nitrogens with zero attached hydrogens (tertiary/aromatic N) is 3. The van der Waals surface area contributed by atoms with Gasteiger partial charge in [0.2, 0.25) is 5.95 Å². The van der Waals surface area contributed by atoms with Crippen LogP contribution in [-0.2, 0) is 11.3 Å². The van der Waals surface area contributed by atoms with Gasteiger partial charge in [-0.05, 0) is 43.7 Å². The topological polar surface area (TPSA) is 105 Å². The average Bonchev–Trinajstić information content (AvgIpc) is 2.74. The molecule has 0 radical (unpaired) electrons. The highest BCUT2D eigenvalue weighted by atomic mass is 16.5. The fourth-order valence-corrected chi connectivity index (χ4v) is 3.03. The maximum Gasteiger partial charge on any atom is 0.323 e. The fraction of sp³-hybridized carbons (Fsp3) is 0.217. The summed E-state index contributed by atoms with van der Waals surface area (Å²) in [5.74, 6) is -0.571. The lowest BCUT2D eigenvalue weighted by Gasteiger charge is -2.22. The Balaban J connectivity index is 1.81. The zero-order valence-electron chi connectivity index (χ0n) is 17.6. The summed E-state index contributed by atoms with van der Waals surface area (Å²) >= 11 is 0. The second kappa shape index (κ2) is 9.71. The molecule has 1 heterocycles. The van der Waals surface area contributed by atoms with Crippen LogP contribution in [0.1, 0.15) is 27.2 Å². The molecule has 0 atom stereocenters. The van der Waals surface area contributed by atoms with Crippen LogP contribution in [0, 0.1) is 13.8 Å². The van der Waals surface area contributed by atoms with Gasteiger partial charge in [0.15, 0.2) is 0 Å². The van der Waals surface area contributed by atoms with Crippen molar-refractivity contribution in [1.29, 1.82) is 0 Å². The first-order valence-electron chi connectivity index (χ1n) is 9.67. The van der Waals surface area contributed by atoms with E-state index in [1.807, 2.05) is 37.3 Å². The third kappa shape index (κ3) is 5.79. The standard InChI is InChI=1S/C23H24N4O4/c1-15-7-9-18(10-8-15)26-23-24-12-20(16(2)25-23)22(30)27(14-21(28)29)13-17-5-4-6-19(11-17)31-3/h4-12H,13-14H2,1-3H3,(H,28,29)(H,24,25,26). The zero-order valence-corrected chi connectivity index (χ0v) is 17.6. The summed E-state index contributed by atoms with van der Waals surface area (Å²) in [5, 5.41) is 12.4. The van der Waals surface area contributed by atoms with Gasteiger partial charge in [0.1, 0.15) is 12.3 Å². The SMILES string of the molecule is COc1cccc(CN(CC(=O)O)C(=O)c2cnc(Nc3ccc(C)cc3)nc2C)c1. The van der Waals surface area contributed by atoms with E-state index in [1.165, 1.54) is 11.1 Å². The number of carboxylic acid groups (broad SMARTS) is 1. The molecular weight excluding hydrogens is 396 g/mol. The highest BCUT2D eigenvalue weighted by Crippen LogP contribution is 2.18. The van der Waals surface area contributed by atoms with E-state index >= 15 is 0 Å². The van der Waals surface area contributed by atoms with Crippen LogP contribution in [0.25, 0.3) is 0 Å². The Kier molecular flexibility index (Phi) is 6.81. The molecule has 160 valence electrons. The molecule has 1 amide bonds. The number of hydrogen-bond donors (Lipinski definition) is 2. The summed E-state index contributed by atoms with van der Waals surface area (Å²) in [5.41, 5.74) is 3.42. The van der Waals surface area contributed by atoms with Crippen LogP contribution in [-0.4, -0.2) is 45.5 Å². The molecule has 0 saturated carbocycles. The maximum atomic E-state index is 13.1. The highest BCUT2D eigenvalue weighted by Gasteiger charge is 2.22. The molecule has 3 rings (SSSR count). The van der Waals surface area contributed by atoms with Crippen LogP contribution in [0.5, 0.6) is 5.75 Å². The second-order valence-electron chi connectivity index (χ2n) is 7.09. The largest absolute Gasteiger partial charge is 0.497 e. The van der Waals surface area contributed by atoms with Gasteiger partial charge in [0, 0.05) is 18.4 Å². The van der Waals surface area contributed by atoms with Crippen molar-refractivity contribution in [2.24, 2.45) is 0 Å². The molecule has 2 aromatic carbocycles. The number of aryl methyl sites for hydroxylation is 2. The van der Waals surface area contributed by atoms with Gasteiger partial charge in [-0.2, -0.15) is 0 Å². The molecule has 1 aromatic heterocycles. The zero-order chi connectivity index (χ0) is 22.4. The van der Waals surface area contributed by atoms with Crippen molar-refractivity contribution < 1.29 is 19.4 Å². The van der Waals surface area contributed by atoms with Gasteiger partial charge in [-0.15, -0.1) is 0 Å². The third-order valence-corrected chi connectivity index (χ3v) is 4.64. The Bertz CT molecular complexity index is 1080. The number of carbonyl (C=O) groups is 2. The molecule has 0 aliphatic carbocycles. The summed E-state index contributed by atoms with van der Waals surface area (Å²) in [7, 11) is 1.55. The summed E-state index contributed by atoms with van der Waals surface area (Å²) in [6.45, 7) is 3.36. The first kappa shape index (κ1) is 21.8. The van der Waals surface area contributed by atoms with Crippen LogP contribution < -0.4 is 10.1 Å². The number of aliphatic carboxylic acids is 1. The average molecular weight is 420 g/mol. The molecule has 8 heteroatoms. The molecule has 31 heavy (non-hydrogen) atoms. The van der Waals surface area contributed by atoms with Gasteiger partial charge in [0.05, 0.1) is 18.4 Å². The van der Waals surface area contributed by atoms with Crippen molar-refractivity contribution in [3.8, 4) is 5.75 Å². The fourth-order valence-electron chi connectivity index (χ4n) is 3.03. The number of nitrogens with one attached hydrogen (secondary N) is 1. The molecule has 2 N–H and O–H groups in total. The predicted octanol–water partition coefficient (Wildman–Crippen LogP) is 3.57. The normalized spacial score (nSPS) is 10.4. The number of hydrogen-bond acceptors (Lipinski definition) is 6. The van der Waals surface area contributed by atoms with E-state index in [1.54, 1.807) is 32.2 Å². The van der Waals surface area contributed by atoms with Gasteiger partial charge in [-0.3, -0.25) is 9.59 Å². The Labute approximate surface area is 180 Å². The lowest BCUT2D eigenvalue weighted by atomic mass is 10.1. The van der Waals surface area contributed by atoms with E-state index < -0.39 is 18.4 Å². The number of carbonyl (C=O) groups excluding carboxylic acids is 1. The van der Waals surface area contributed by atoms with Crippen molar-refractivity contribution in [1.82, 2.24) is 14.9 Å². The Hall–Kier alpha value is -3.94. The quantitative estimate of drug-likeness (QED) is 0.574. The van der Waals surface area contributed by atoms with Crippen molar-refractivity contribution >= 4 is 23.5 Å². The monoisotopic (exact) mass is 420 g/mol. The Morgan fingerprint density at radius 3 is 2.52 bits per heavy atom. The summed E-state index contributed by atoms with van der Waals surface area (Å²) in [6, 6.07) is 14.9. The number of anilines is 2. The number of aromatic nitrogens is 2. The van der Waals surface area contributed by atoms with Crippen LogP contribution in [0.15, 0.2) is 54.7 Å². The van der Waals surface area contributed by atoms with Crippen molar-refractivity contribution in [2.45, 2.75) is 20.4 Å². The smallest absolute Gasteiger partial charge is 0.323 e. The molecule has 0 spiro atoms. The first-order valence-corrected chi connectivity index (χ1v) is 9.67. The van der Waals surface area contributed by atoms with Crippen LogP contribution in [0.3, 0.4) is 0 Å². The van der Waals surface area contributed by atoms with Crippen LogP contribution >= 0.6 is 0 Å². The lowest BCUT2D eigenvalue weighted by Crippen LogP contribution is -2.35. The minimum atomic E-state index is -1.10. The van der Waals surface area contributed by atoms with Gasteiger partial charge in [-0.1, -0.05) is 29.8 Å². The van der Waals surface area contributed by atoms with Crippen LogP contribution in [0.2, 0.25) is 0 Å². The first-order chi connectivity index (χ1) is 14.9. The highest BCUT2D eigenvalue weighted by molar-refractivity contribution is 5.96. The van der Waals surface area contributed by atoms with Gasteiger partial charge < -0.3 is 20.1 Å². The van der Waals surface area contributed by atoms with E-state index in [-0.39, 0.29) is 12.1 Å². The molecule has 0 aliphatic heterocycles. The van der Waals surface area contributed by atoms with E-state index in [9.17, 15) is 14.7 Å². The van der Waals surface area contributed by atoms with Gasteiger partial charge >= 0.3 is 5.97 Å². The molecule has 8 nitrogen and oxygen atoms in total. The Morgan fingerprint density at radius 2 is 1.87 bits per heavy atom. The minimum absolute atomic E-state index is 0.116. The molecular formula is C23H24N4O4. The van der Waals surface area contributed by atoms with Gasteiger partial charge in [-0.25, -0.2) is 9.97 Å². The molecule has 0 aliphatic rings. The van der Waals surface area contributed by atoms with E-state index in [0.717, 1.165) is 16.8 Å². The summed E-state index contributed by atoms with van der Waals surface area (Å²) < 4.78 is 5.20. The van der Waals surface area contributed by atoms with E-state index in [2.05, 4.69) is 15.3 Å². The minimum Gasteiger partial charge on any atom is -0.497 e. The summed E-state index contributed by atoms with van der Waals surface area (Å²) in [6.07, 6.45) is 1.42. The van der Waals surface area contributed by atoms with Gasteiger partial charge in [0.25, 0.3) is 5.91 Å². The Morgan fingerprint density at radius 1 is 1.13 bits per heavy atom. The molecule has 0 bridgehead atoms. The third-order valence-electron chi connectivity index (χ3n) is 4.64. The van der Waals surface area contributed by atoms with Crippen molar-refractivity contribution in [3.63, 3.8) is 0 Å². The second-order valence-corrected chi connectivity index (χ2v) is 7.09. The molecule has 0 saturated heterocycles. The van der Waals surface area contributed by atoms with Crippen LogP contribution in [0.4, 0.5) is 11.6 Å². The number of benzene rings is 2.